The Bertz CT molecular complexity index is 446. The maximum absolute atomic E-state index is 11.4. The van der Waals surface area contributed by atoms with Crippen molar-refractivity contribution in [3.8, 4) is 0 Å². The summed E-state index contributed by atoms with van der Waals surface area (Å²) in [6.45, 7) is 1.31. The van der Waals surface area contributed by atoms with Gasteiger partial charge >= 0.3 is 103 Å². The molecule has 2 rings (SSSR count). The molecule has 1 aliphatic heterocycles. The van der Waals surface area contributed by atoms with Gasteiger partial charge in [-0.25, -0.2) is 0 Å². The van der Waals surface area contributed by atoms with Gasteiger partial charge in [0.25, 0.3) is 0 Å². The fourth-order valence-corrected chi connectivity index (χ4v) is 4.50. The van der Waals surface area contributed by atoms with Crippen LogP contribution in [0.1, 0.15) is 17.3 Å². The average molecular weight is 385 g/mol. The van der Waals surface area contributed by atoms with Crippen LogP contribution in [0.3, 0.4) is 0 Å². The molecule has 0 atom stereocenters. The van der Waals surface area contributed by atoms with E-state index in [4.69, 9.17) is 6.13 Å². The molecule has 80 valence electrons. The van der Waals surface area contributed by atoms with Crippen LogP contribution >= 0.6 is 36.6 Å². The number of hydrogen-bond donors (Lipinski definition) is 0. The fourth-order valence-electron chi connectivity index (χ4n) is 1.09. The SMILES string of the molecule is CC(=O)OI1OC(=O)c2cc(Br)ccc21. The number of halogens is 2. The van der Waals surface area contributed by atoms with Gasteiger partial charge in [0.05, 0.1) is 0 Å². The van der Waals surface area contributed by atoms with Crippen LogP contribution in [-0.2, 0) is 10.9 Å². The second-order valence-electron chi connectivity index (χ2n) is 2.77. The minimum absolute atomic E-state index is 0.405. The van der Waals surface area contributed by atoms with Gasteiger partial charge in [0.2, 0.25) is 0 Å². The summed E-state index contributed by atoms with van der Waals surface area (Å²) in [7, 11) is 0. The number of carbonyl (C=O) groups excluding carboxylic acids is 2. The molecule has 0 fully saturated rings. The van der Waals surface area contributed by atoms with Gasteiger partial charge in [-0.1, -0.05) is 0 Å². The van der Waals surface area contributed by atoms with E-state index in [1.807, 2.05) is 0 Å². The van der Waals surface area contributed by atoms with Crippen LogP contribution in [0, 0.1) is 3.57 Å². The normalized spacial score (nSPS) is 15.9. The van der Waals surface area contributed by atoms with Crippen LogP contribution in [-0.4, -0.2) is 11.9 Å². The standard InChI is InChI=1S/C9H6BrIO4/c1-5(12)14-11-8-3-2-6(10)4-7(8)9(13)15-11/h2-4H,1H3. The molecule has 0 saturated heterocycles. The van der Waals surface area contributed by atoms with Crippen molar-refractivity contribution in [2.75, 3.05) is 0 Å². The van der Waals surface area contributed by atoms with Crippen LogP contribution in [0.4, 0.5) is 0 Å². The molecule has 0 amide bonds. The second-order valence-corrected chi connectivity index (χ2v) is 6.97. The van der Waals surface area contributed by atoms with Crippen LogP contribution < -0.4 is 0 Å². The summed E-state index contributed by atoms with van der Waals surface area (Å²) in [5.74, 6) is -0.818. The molecule has 1 aliphatic rings. The molecule has 6 heteroatoms. The van der Waals surface area contributed by atoms with Crippen molar-refractivity contribution in [1.82, 2.24) is 0 Å². The summed E-state index contributed by atoms with van der Waals surface area (Å²) in [6, 6.07) is 5.24. The Morgan fingerprint density at radius 1 is 1.53 bits per heavy atom. The summed E-state index contributed by atoms with van der Waals surface area (Å²) in [5.41, 5.74) is 0.496. The van der Waals surface area contributed by atoms with E-state index in [9.17, 15) is 9.59 Å². The van der Waals surface area contributed by atoms with E-state index in [1.54, 1.807) is 18.2 Å². The molecule has 0 aliphatic carbocycles. The van der Waals surface area contributed by atoms with Gasteiger partial charge in [-0.2, -0.15) is 0 Å². The van der Waals surface area contributed by atoms with E-state index >= 15 is 0 Å². The summed E-state index contributed by atoms with van der Waals surface area (Å²) in [5, 5.41) is 0. The zero-order valence-corrected chi connectivity index (χ0v) is 11.4. The van der Waals surface area contributed by atoms with Gasteiger partial charge in [-0.05, 0) is 0 Å². The number of rotatable bonds is 1. The van der Waals surface area contributed by atoms with Crippen LogP contribution in [0.25, 0.3) is 0 Å². The average Bonchev–Trinajstić information content (AvgIpc) is 2.42. The molecule has 1 heterocycles. The van der Waals surface area contributed by atoms with Crippen molar-refractivity contribution in [3.05, 3.63) is 31.8 Å². The Morgan fingerprint density at radius 3 is 2.93 bits per heavy atom. The van der Waals surface area contributed by atoms with Gasteiger partial charge in [-0.3, -0.25) is 0 Å². The van der Waals surface area contributed by atoms with Gasteiger partial charge in [-0.15, -0.1) is 0 Å². The summed E-state index contributed by atoms with van der Waals surface area (Å²) in [6.07, 6.45) is 0. The third-order valence-electron chi connectivity index (χ3n) is 1.63. The van der Waals surface area contributed by atoms with E-state index in [2.05, 4.69) is 15.9 Å². The van der Waals surface area contributed by atoms with Crippen LogP contribution in [0.5, 0.6) is 0 Å². The second kappa shape index (κ2) is 4.09. The molecule has 0 saturated carbocycles. The molecule has 0 radical (unpaired) electrons. The predicted molar refractivity (Wildman–Crippen MR) is 64.0 cm³/mol. The molecule has 0 bridgehead atoms. The third-order valence-corrected chi connectivity index (χ3v) is 5.84. The quantitative estimate of drug-likeness (QED) is 0.698. The molecule has 0 spiro atoms. The zero-order chi connectivity index (χ0) is 11.0. The van der Waals surface area contributed by atoms with Crippen molar-refractivity contribution in [3.63, 3.8) is 0 Å². The molecular formula is C9H6BrIO4. The van der Waals surface area contributed by atoms with Crippen LogP contribution in [0.15, 0.2) is 22.7 Å². The Labute approximate surface area is 103 Å². The first-order chi connectivity index (χ1) is 7.08. The Balaban J connectivity index is 2.38. The Morgan fingerprint density at radius 2 is 2.27 bits per heavy atom. The van der Waals surface area contributed by atoms with Gasteiger partial charge in [0.1, 0.15) is 0 Å². The summed E-state index contributed by atoms with van der Waals surface area (Å²) < 4.78 is 11.6. The van der Waals surface area contributed by atoms with Gasteiger partial charge in [0.15, 0.2) is 0 Å². The summed E-state index contributed by atoms with van der Waals surface area (Å²) >= 11 is 0.747. The Kier molecular flexibility index (Phi) is 2.96. The monoisotopic (exact) mass is 384 g/mol. The number of fused-ring (bicyclic) bond motifs is 1. The van der Waals surface area contributed by atoms with Gasteiger partial charge < -0.3 is 0 Å². The van der Waals surface area contributed by atoms with Crippen molar-refractivity contribution < 1.29 is 15.7 Å². The van der Waals surface area contributed by atoms with Crippen molar-refractivity contribution >= 4 is 48.5 Å². The minimum atomic E-state index is -2.52. The van der Waals surface area contributed by atoms with E-state index < -0.39 is 32.6 Å². The van der Waals surface area contributed by atoms with E-state index in [0.29, 0.717) is 5.56 Å². The molecule has 4 nitrogen and oxygen atoms in total. The Hall–Kier alpha value is -0.630. The van der Waals surface area contributed by atoms with Crippen molar-refractivity contribution in [2.24, 2.45) is 0 Å². The van der Waals surface area contributed by atoms with Crippen molar-refractivity contribution in [2.45, 2.75) is 6.92 Å². The number of carbonyl (C=O) groups is 2. The predicted octanol–water partition coefficient (Wildman–Crippen LogP) is 2.69. The van der Waals surface area contributed by atoms with Crippen LogP contribution in [0.2, 0.25) is 0 Å². The molecule has 15 heavy (non-hydrogen) atoms. The first-order valence-electron chi connectivity index (χ1n) is 3.99. The van der Waals surface area contributed by atoms with E-state index in [1.165, 1.54) is 6.92 Å². The maximum atomic E-state index is 11.4. The first-order valence-corrected chi connectivity index (χ1v) is 7.62. The van der Waals surface area contributed by atoms with Crippen molar-refractivity contribution in [1.29, 1.82) is 0 Å². The summed E-state index contributed by atoms with van der Waals surface area (Å²) in [4.78, 5) is 22.2. The molecule has 0 aromatic heterocycles. The number of benzene rings is 1. The van der Waals surface area contributed by atoms with E-state index in [-0.39, 0.29) is 0 Å². The molecule has 0 unspecified atom stereocenters. The first kappa shape index (κ1) is 10.9. The molecule has 1 aromatic carbocycles. The third kappa shape index (κ3) is 2.15. The number of hydrogen-bond acceptors (Lipinski definition) is 4. The van der Waals surface area contributed by atoms with Gasteiger partial charge in [0, 0.05) is 0 Å². The fraction of sp³-hybridized carbons (Fsp3) is 0.111. The molecular weight excluding hydrogens is 379 g/mol. The topological polar surface area (TPSA) is 52.6 Å². The van der Waals surface area contributed by atoms with E-state index in [0.717, 1.165) is 8.04 Å². The molecule has 0 N–H and O–H groups in total. The zero-order valence-electron chi connectivity index (χ0n) is 7.62. The molecule has 1 aromatic rings.